The number of esters is 1. The Kier molecular flexibility index (Phi) is 8.42. The number of carbonyl (C=O) groups excluding carboxylic acids is 1. The molecular weight excluding hydrogens is 362 g/mol. The van der Waals surface area contributed by atoms with Gasteiger partial charge in [0.25, 0.3) is 0 Å². The first kappa shape index (κ1) is 23.1. The number of ether oxygens (including phenoxy) is 2. The molecule has 158 valence electrons. The predicted octanol–water partition coefficient (Wildman–Crippen LogP) is 5.07. The number of methoxy groups -OCH3 is 1. The van der Waals surface area contributed by atoms with Crippen LogP contribution in [0.15, 0.2) is 60.7 Å². The third kappa shape index (κ3) is 7.30. The van der Waals surface area contributed by atoms with E-state index in [2.05, 4.69) is 29.2 Å². The van der Waals surface area contributed by atoms with Gasteiger partial charge in [-0.3, -0.25) is 9.69 Å². The van der Waals surface area contributed by atoms with Crippen LogP contribution in [0.3, 0.4) is 0 Å². The zero-order chi connectivity index (χ0) is 21.4. The molecule has 2 aromatic rings. The fraction of sp³-hybridized carbons (Fsp3) is 0.480. The summed E-state index contributed by atoms with van der Waals surface area (Å²) in [4.78, 5) is 15.3. The van der Waals surface area contributed by atoms with E-state index in [-0.39, 0.29) is 24.0 Å². The molecule has 0 radical (unpaired) electrons. The molecule has 2 aromatic carbocycles. The maximum absolute atomic E-state index is 12.9. The highest BCUT2D eigenvalue weighted by Crippen LogP contribution is 2.25. The van der Waals surface area contributed by atoms with E-state index in [0.29, 0.717) is 0 Å². The van der Waals surface area contributed by atoms with Crippen LogP contribution in [0, 0.1) is 5.92 Å². The summed E-state index contributed by atoms with van der Waals surface area (Å²) in [5.74, 6) is -0.533. The summed E-state index contributed by atoms with van der Waals surface area (Å²) in [5, 5.41) is 0. The molecule has 0 saturated heterocycles. The van der Waals surface area contributed by atoms with E-state index in [1.165, 1.54) is 11.1 Å². The summed E-state index contributed by atoms with van der Waals surface area (Å²) < 4.78 is 11.4. The van der Waals surface area contributed by atoms with Crippen molar-refractivity contribution in [2.24, 2.45) is 5.92 Å². The van der Waals surface area contributed by atoms with E-state index in [0.717, 1.165) is 13.1 Å². The van der Waals surface area contributed by atoms with Crippen LogP contribution in [0.5, 0.6) is 0 Å². The number of rotatable bonds is 9. The van der Waals surface area contributed by atoms with Crippen molar-refractivity contribution < 1.29 is 14.3 Å². The molecule has 0 spiro atoms. The molecule has 0 fully saturated rings. The zero-order valence-electron chi connectivity index (χ0n) is 18.6. The van der Waals surface area contributed by atoms with E-state index in [4.69, 9.17) is 9.47 Å². The van der Waals surface area contributed by atoms with Crippen LogP contribution >= 0.6 is 0 Å². The van der Waals surface area contributed by atoms with E-state index >= 15 is 0 Å². The van der Waals surface area contributed by atoms with Crippen LogP contribution in [0.1, 0.15) is 45.7 Å². The highest BCUT2D eigenvalue weighted by molar-refractivity contribution is 5.73. The molecule has 0 aliphatic rings. The van der Waals surface area contributed by atoms with Crippen LogP contribution < -0.4 is 0 Å². The first-order chi connectivity index (χ1) is 13.7. The van der Waals surface area contributed by atoms with Crippen molar-refractivity contribution in [2.45, 2.75) is 65.5 Å². The van der Waals surface area contributed by atoms with Gasteiger partial charge in [-0.15, -0.1) is 0 Å². The minimum absolute atomic E-state index is 0.129. The van der Waals surface area contributed by atoms with Gasteiger partial charge in [-0.2, -0.15) is 0 Å². The van der Waals surface area contributed by atoms with Crippen LogP contribution in [0.25, 0.3) is 0 Å². The molecule has 0 N–H and O–H groups in total. The Labute approximate surface area is 175 Å². The molecule has 3 atom stereocenters. The van der Waals surface area contributed by atoms with Crippen molar-refractivity contribution in [3.05, 3.63) is 71.8 Å². The quantitative estimate of drug-likeness (QED) is 0.554. The average Bonchev–Trinajstić information content (AvgIpc) is 2.68. The molecule has 0 aliphatic carbocycles. The predicted molar refractivity (Wildman–Crippen MR) is 117 cm³/mol. The first-order valence-electron chi connectivity index (χ1n) is 10.3. The summed E-state index contributed by atoms with van der Waals surface area (Å²) in [7, 11) is 1.70. The van der Waals surface area contributed by atoms with Crippen LogP contribution in [0.4, 0.5) is 0 Å². The van der Waals surface area contributed by atoms with Gasteiger partial charge < -0.3 is 9.47 Å². The number of hydrogen-bond acceptors (Lipinski definition) is 4. The Balaban J connectivity index is 2.35. The van der Waals surface area contributed by atoms with Gasteiger partial charge >= 0.3 is 5.97 Å². The maximum Gasteiger partial charge on any atom is 0.310 e. The summed E-state index contributed by atoms with van der Waals surface area (Å²) in [5.41, 5.74) is 1.89. The molecule has 29 heavy (non-hydrogen) atoms. The number of carbonyl (C=O) groups is 1. The Bertz CT molecular complexity index is 698. The average molecular weight is 398 g/mol. The van der Waals surface area contributed by atoms with E-state index in [1.807, 2.05) is 71.0 Å². The molecule has 4 heteroatoms. The fourth-order valence-electron chi connectivity index (χ4n) is 3.60. The minimum atomic E-state index is -0.518. The van der Waals surface area contributed by atoms with Crippen molar-refractivity contribution in [3.8, 4) is 0 Å². The SMILES string of the molecule is CO[C@@H](C)[C@H]([C@@H](C)C(=O)OC(C)(C)C)N(Cc1ccccc1)Cc1ccccc1. The van der Waals surface area contributed by atoms with Gasteiger partial charge in [0.2, 0.25) is 0 Å². The van der Waals surface area contributed by atoms with Gasteiger partial charge in [-0.1, -0.05) is 67.6 Å². The largest absolute Gasteiger partial charge is 0.460 e. The Hall–Kier alpha value is -2.17. The molecular formula is C25H35NO3. The van der Waals surface area contributed by atoms with Gasteiger partial charge in [0.15, 0.2) is 0 Å². The molecule has 0 heterocycles. The number of benzene rings is 2. The van der Waals surface area contributed by atoms with Gasteiger partial charge in [-0.05, 0) is 38.8 Å². The third-order valence-corrected chi connectivity index (χ3v) is 5.02. The number of hydrogen-bond donors (Lipinski definition) is 0. The third-order valence-electron chi connectivity index (χ3n) is 5.02. The van der Waals surface area contributed by atoms with Crippen LogP contribution in [0.2, 0.25) is 0 Å². The topological polar surface area (TPSA) is 38.8 Å². The molecule has 0 aliphatic heterocycles. The first-order valence-corrected chi connectivity index (χ1v) is 10.3. The lowest BCUT2D eigenvalue weighted by atomic mass is 9.94. The van der Waals surface area contributed by atoms with Crippen LogP contribution in [-0.2, 0) is 27.4 Å². The fourth-order valence-corrected chi connectivity index (χ4v) is 3.60. The molecule has 0 unspecified atom stereocenters. The second kappa shape index (κ2) is 10.6. The second-order valence-electron chi connectivity index (χ2n) is 8.63. The molecule has 4 nitrogen and oxygen atoms in total. The standard InChI is InChI=1S/C25H35NO3/c1-19(24(27)29-25(3,4)5)23(20(2)28-6)26(17-21-13-9-7-10-14-21)18-22-15-11-8-12-16-22/h7-16,19-20,23H,17-18H2,1-6H3/t19-,20+,23+/m1/s1. The monoisotopic (exact) mass is 397 g/mol. The van der Waals surface area contributed by atoms with Crippen molar-refractivity contribution in [1.82, 2.24) is 4.90 Å². The van der Waals surface area contributed by atoms with E-state index in [1.54, 1.807) is 7.11 Å². The zero-order valence-corrected chi connectivity index (χ0v) is 18.6. The van der Waals surface area contributed by atoms with Crippen molar-refractivity contribution in [3.63, 3.8) is 0 Å². The molecule has 2 rings (SSSR count). The van der Waals surface area contributed by atoms with Gasteiger partial charge in [0, 0.05) is 26.2 Å². The van der Waals surface area contributed by atoms with Crippen molar-refractivity contribution in [2.75, 3.05) is 7.11 Å². The summed E-state index contributed by atoms with van der Waals surface area (Å²) in [6.45, 7) is 11.1. The van der Waals surface area contributed by atoms with Crippen molar-refractivity contribution >= 4 is 5.97 Å². The summed E-state index contributed by atoms with van der Waals surface area (Å²) >= 11 is 0. The highest BCUT2D eigenvalue weighted by Gasteiger charge is 2.36. The van der Waals surface area contributed by atoms with E-state index in [9.17, 15) is 4.79 Å². The molecule has 0 amide bonds. The van der Waals surface area contributed by atoms with Gasteiger partial charge in [0.05, 0.1) is 12.0 Å². The smallest absolute Gasteiger partial charge is 0.310 e. The highest BCUT2D eigenvalue weighted by atomic mass is 16.6. The van der Waals surface area contributed by atoms with Crippen LogP contribution in [-0.4, -0.2) is 35.7 Å². The number of nitrogens with zero attached hydrogens (tertiary/aromatic N) is 1. The summed E-state index contributed by atoms with van der Waals surface area (Å²) in [6, 6.07) is 20.5. The van der Waals surface area contributed by atoms with Crippen molar-refractivity contribution in [1.29, 1.82) is 0 Å². The lowest BCUT2D eigenvalue weighted by Crippen LogP contribution is -2.50. The molecule has 0 aromatic heterocycles. The minimum Gasteiger partial charge on any atom is -0.460 e. The van der Waals surface area contributed by atoms with Gasteiger partial charge in [-0.25, -0.2) is 0 Å². The summed E-state index contributed by atoms with van der Waals surface area (Å²) in [6.07, 6.45) is -0.134. The van der Waals surface area contributed by atoms with E-state index < -0.39 is 5.60 Å². The normalized spacial score (nSPS) is 15.0. The molecule has 0 bridgehead atoms. The lowest BCUT2D eigenvalue weighted by molar-refractivity contribution is -0.164. The lowest BCUT2D eigenvalue weighted by Gasteiger charge is -2.39. The molecule has 0 saturated carbocycles. The Morgan fingerprint density at radius 3 is 1.72 bits per heavy atom. The van der Waals surface area contributed by atoms with Gasteiger partial charge in [0.1, 0.15) is 5.60 Å². The Morgan fingerprint density at radius 1 is 0.897 bits per heavy atom. The second-order valence-corrected chi connectivity index (χ2v) is 8.63. The maximum atomic E-state index is 12.9. The Morgan fingerprint density at radius 2 is 1.34 bits per heavy atom.